The van der Waals surface area contributed by atoms with Gasteiger partial charge in [-0.1, -0.05) is 12.1 Å². The van der Waals surface area contributed by atoms with E-state index in [9.17, 15) is 14.4 Å². The Morgan fingerprint density at radius 1 is 1.04 bits per heavy atom. The molecule has 7 nitrogen and oxygen atoms in total. The molecule has 0 radical (unpaired) electrons. The molecular formula is C21H18O7. The van der Waals surface area contributed by atoms with E-state index in [1.54, 1.807) is 42.5 Å². The van der Waals surface area contributed by atoms with Crippen molar-refractivity contribution in [3.8, 4) is 11.5 Å². The minimum atomic E-state index is -0.608. The number of esters is 1. The van der Waals surface area contributed by atoms with E-state index < -0.39 is 11.6 Å². The number of methoxy groups -OCH3 is 1. The molecule has 0 amide bonds. The lowest BCUT2D eigenvalue weighted by Crippen LogP contribution is -2.15. The van der Waals surface area contributed by atoms with Crippen molar-refractivity contribution >= 4 is 22.7 Å². The zero-order valence-corrected chi connectivity index (χ0v) is 15.4. The van der Waals surface area contributed by atoms with Crippen molar-refractivity contribution in [2.24, 2.45) is 0 Å². The predicted molar refractivity (Wildman–Crippen MR) is 101 cm³/mol. The van der Waals surface area contributed by atoms with Gasteiger partial charge in [-0.3, -0.25) is 4.79 Å². The van der Waals surface area contributed by atoms with Crippen LogP contribution >= 0.6 is 0 Å². The number of fused-ring (bicyclic) bond motifs is 1. The molecule has 0 saturated heterocycles. The normalized spacial score (nSPS) is 10.5. The van der Waals surface area contributed by atoms with E-state index in [1.165, 1.54) is 20.1 Å². The quantitative estimate of drug-likeness (QED) is 0.352. The van der Waals surface area contributed by atoms with Crippen LogP contribution in [0.4, 0.5) is 0 Å². The predicted octanol–water partition coefficient (Wildman–Crippen LogP) is 3.13. The number of Topliss-reactive ketones (excluding diaryl/α,β-unsaturated/α-hetero) is 1. The van der Waals surface area contributed by atoms with Gasteiger partial charge in [0.15, 0.2) is 12.4 Å². The Balaban J connectivity index is 1.65. The molecule has 0 N–H and O–H groups in total. The second-order valence-corrected chi connectivity index (χ2v) is 5.99. The van der Waals surface area contributed by atoms with Gasteiger partial charge in [0.2, 0.25) is 0 Å². The van der Waals surface area contributed by atoms with Crippen LogP contribution in [-0.2, 0) is 16.1 Å². The van der Waals surface area contributed by atoms with Gasteiger partial charge >= 0.3 is 11.6 Å². The summed E-state index contributed by atoms with van der Waals surface area (Å²) in [7, 11) is 1.51. The molecule has 144 valence electrons. The van der Waals surface area contributed by atoms with Crippen LogP contribution in [-0.4, -0.2) is 25.5 Å². The molecule has 1 aromatic heterocycles. The highest BCUT2D eigenvalue weighted by molar-refractivity contribution is 5.94. The lowest BCUT2D eigenvalue weighted by molar-refractivity contribution is -0.147. The van der Waals surface area contributed by atoms with Gasteiger partial charge in [0.25, 0.3) is 0 Å². The molecule has 0 bridgehead atoms. The fourth-order valence-electron chi connectivity index (χ4n) is 2.60. The zero-order valence-electron chi connectivity index (χ0n) is 15.4. The highest BCUT2D eigenvalue weighted by Gasteiger charge is 2.11. The summed E-state index contributed by atoms with van der Waals surface area (Å²) in [4.78, 5) is 35.1. The monoisotopic (exact) mass is 382 g/mol. The molecule has 0 aliphatic rings. The summed E-state index contributed by atoms with van der Waals surface area (Å²) < 4.78 is 20.8. The smallest absolute Gasteiger partial charge is 0.344 e. The molecule has 0 fully saturated rings. The van der Waals surface area contributed by atoms with Crippen LogP contribution in [0.25, 0.3) is 11.0 Å². The topological polar surface area (TPSA) is 92.0 Å². The molecule has 0 aliphatic carbocycles. The van der Waals surface area contributed by atoms with Crippen molar-refractivity contribution < 1.29 is 28.2 Å². The van der Waals surface area contributed by atoms with Crippen LogP contribution in [0.3, 0.4) is 0 Å². The standard InChI is InChI=1S/C21H18O7/c1-13(22)14-4-3-5-17(8-14)26-12-21(24)27-11-15-9-20(23)28-19-10-16(25-2)6-7-18(15)19/h3-10H,11-12H2,1-2H3. The van der Waals surface area contributed by atoms with E-state index in [-0.39, 0.29) is 19.0 Å². The van der Waals surface area contributed by atoms with Crippen LogP contribution in [0.5, 0.6) is 11.5 Å². The second-order valence-electron chi connectivity index (χ2n) is 5.99. The molecule has 0 unspecified atom stereocenters. The number of rotatable bonds is 7. The molecule has 7 heteroatoms. The van der Waals surface area contributed by atoms with Gasteiger partial charge in [0.05, 0.1) is 7.11 Å². The number of benzene rings is 2. The Morgan fingerprint density at radius 2 is 1.86 bits per heavy atom. The summed E-state index contributed by atoms with van der Waals surface area (Å²) >= 11 is 0. The molecule has 0 atom stereocenters. The number of hydrogen-bond donors (Lipinski definition) is 0. The number of ether oxygens (including phenoxy) is 3. The first-order chi connectivity index (χ1) is 13.5. The zero-order chi connectivity index (χ0) is 20.1. The van der Waals surface area contributed by atoms with Crippen LogP contribution in [0.2, 0.25) is 0 Å². The van der Waals surface area contributed by atoms with Crippen LogP contribution in [0.1, 0.15) is 22.8 Å². The molecule has 3 rings (SSSR count). The summed E-state index contributed by atoms with van der Waals surface area (Å²) in [5.74, 6) is 0.233. The van der Waals surface area contributed by atoms with Gasteiger partial charge in [0, 0.05) is 28.6 Å². The van der Waals surface area contributed by atoms with Crippen molar-refractivity contribution in [1.29, 1.82) is 0 Å². The fraction of sp³-hybridized carbons (Fsp3) is 0.190. The Kier molecular flexibility index (Phi) is 5.74. The average molecular weight is 382 g/mol. The molecule has 0 aliphatic heterocycles. The summed E-state index contributed by atoms with van der Waals surface area (Å²) in [6, 6.07) is 12.8. The molecule has 2 aromatic carbocycles. The van der Waals surface area contributed by atoms with Crippen LogP contribution in [0.15, 0.2) is 57.7 Å². The van der Waals surface area contributed by atoms with Crippen molar-refractivity contribution in [2.45, 2.75) is 13.5 Å². The van der Waals surface area contributed by atoms with E-state index in [0.29, 0.717) is 33.6 Å². The number of carbonyl (C=O) groups is 2. The van der Waals surface area contributed by atoms with Crippen LogP contribution < -0.4 is 15.1 Å². The maximum atomic E-state index is 12.0. The Morgan fingerprint density at radius 3 is 2.61 bits per heavy atom. The van der Waals surface area contributed by atoms with Crippen molar-refractivity contribution in [2.75, 3.05) is 13.7 Å². The highest BCUT2D eigenvalue weighted by Crippen LogP contribution is 2.23. The van der Waals surface area contributed by atoms with Crippen molar-refractivity contribution in [3.05, 3.63) is 70.1 Å². The van der Waals surface area contributed by atoms with E-state index in [1.807, 2.05) is 0 Å². The van der Waals surface area contributed by atoms with E-state index >= 15 is 0 Å². The van der Waals surface area contributed by atoms with Gasteiger partial charge in [-0.25, -0.2) is 9.59 Å². The first kappa shape index (κ1) is 19.2. The first-order valence-electron chi connectivity index (χ1n) is 8.46. The van der Waals surface area contributed by atoms with E-state index in [0.717, 1.165) is 0 Å². The van der Waals surface area contributed by atoms with Gasteiger partial charge in [0.1, 0.15) is 23.7 Å². The minimum Gasteiger partial charge on any atom is -0.497 e. The Hall–Kier alpha value is -3.61. The van der Waals surface area contributed by atoms with Gasteiger partial charge in [-0.2, -0.15) is 0 Å². The molecule has 3 aromatic rings. The highest BCUT2D eigenvalue weighted by atomic mass is 16.6. The van der Waals surface area contributed by atoms with Crippen molar-refractivity contribution in [3.63, 3.8) is 0 Å². The van der Waals surface area contributed by atoms with Gasteiger partial charge in [-0.05, 0) is 31.2 Å². The summed E-state index contributed by atoms with van der Waals surface area (Å²) in [5.41, 5.74) is 0.795. The van der Waals surface area contributed by atoms with E-state index in [2.05, 4.69) is 0 Å². The average Bonchev–Trinajstić information content (AvgIpc) is 2.69. The molecule has 28 heavy (non-hydrogen) atoms. The Labute approximate surface area is 160 Å². The SMILES string of the molecule is COc1ccc2c(COC(=O)COc3cccc(C(C)=O)c3)cc(=O)oc2c1. The van der Waals surface area contributed by atoms with Gasteiger partial charge in [-0.15, -0.1) is 0 Å². The number of carbonyl (C=O) groups excluding carboxylic acids is 2. The maximum Gasteiger partial charge on any atom is 0.344 e. The van der Waals surface area contributed by atoms with Gasteiger partial charge < -0.3 is 18.6 Å². The maximum absolute atomic E-state index is 12.0. The largest absolute Gasteiger partial charge is 0.497 e. The first-order valence-corrected chi connectivity index (χ1v) is 8.46. The Bertz CT molecular complexity index is 1080. The third-order valence-electron chi connectivity index (χ3n) is 4.02. The molecular weight excluding hydrogens is 364 g/mol. The minimum absolute atomic E-state index is 0.0977. The fourth-order valence-corrected chi connectivity index (χ4v) is 2.60. The summed E-state index contributed by atoms with van der Waals surface area (Å²) in [5, 5.41) is 0.642. The lowest BCUT2D eigenvalue weighted by Gasteiger charge is -2.09. The summed E-state index contributed by atoms with van der Waals surface area (Å²) in [6.45, 7) is 1.02. The van der Waals surface area contributed by atoms with Crippen LogP contribution in [0, 0.1) is 0 Å². The number of ketones is 1. The molecule has 0 saturated carbocycles. The summed E-state index contributed by atoms with van der Waals surface area (Å²) in [6.07, 6.45) is 0. The lowest BCUT2D eigenvalue weighted by atomic mass is 10.1. The van der Waals surface area contributed by atoms with E-state index in [4.69, 9.17) is 18.6 Å². The molecule has 1 heterocycles. The third-order valence-corrected chi connectivity index (χ3v) is 4.02. The molecule has 0 spiro atoms. The third kappa shape index (κ3) is 4.56. The number of hydrogen-bond acceptors (Lipinski definition) is 7. The second kappa shape index (κ2) is 8.39. The van der Waals surface area contributed by atoms with Crippen molar-refractivity contribution in [1.82, 2.24) is 0 Å².